The Bertz CT molecular complexity index is 839. The molecule has 2 amide bonds. The Balaban J connectivity index is 1.71. The molecule has 1 aromatic heterocycles. The number of rotatable bonds is 3. The first-order valence-corrected chi connectivity index (χ1v) is 8.11. The molecule has 25 heavy (non-hydrogen) atoms. The van der Waals surface area contributed by atoms with Crippen molar-refractivity contribution < 1.29 is 9.59 Å². The van der Waals surface area contributed by atoms with E-state index in [2.05, 4.69) is 10.3 Å². The summed E-state index contributed by atoms with van der Waals surface area (Å²) < 4.78 is 0. The standard InChI is InChI=1S/C19H18N4O2/c1-13(24)21-17-9-10-23(12-17)19(25)15-7-5-14(6-8-15)18-4-2-3-16(11-20)22-18/h2-8,17H,9-10,12H2,1H3,(H,21,24). The molecule has 1 aromatic carbocycles. The van der Waals surface area contributed by atoms with Gasteiger partial charge in [-0.25, -0.2) is 4.98 Å². The number of nitrogens with one attached hydrogen (secondary N) is 1. The first-order valence-electron chi connectivity index (χ1n) is 8.11. The molecule has 1 aliphatic rings. The highest BCUT2D eigenvalue weighted by molar-refractivity contribution is 5.95. The summed E-state index contributed by atoms with van der Waals surface area (Å²) in [6.45, 7) is 2.65. The summed E-state index contributed by atoms with van der Waals surface area (Å²) in [5.41, 5.74) is 2.51. The molecule has 2 heterocycles. The van der Waals surface area contributed by atoms with Crippen LogP contribution in [0.5, 0.6) is 0 Å². The highest BCUT2D eigenvalue weighted by Gasteiger charge is 2.27. The number of carbonyl (C=O) groups excluding carboxylic acids is 2. The van der Waals surface area contributed by atoms with Crippen LogP contribution in [0.4, 0.5) is 0 Å². The van der Waals surface area contributed by atoms with Gasteiger partial charge >= 0.3 is 0 Å². The van der Waals surface area contributed by atoms with Crippen molar-refractivity contribution in [2.75, 3.05) is 13.1 Å². The Morgan fingerprint density at radius 1 is 1.24 bits per heavy atom. The predicted molar refractivity (Wildman–Crippen MR) is 92.5 cm³/mol. The maximum absolute atomic E-state index is 12.6. The van der Waals surface area contributed by atoms with Gasteiger partial charge in [0.1, 0.15) is 11.8 Å². The SMILES string of the molecule is CC(=O)NC1CCN(C(=O)c2ccc(-c3cccc(C#N)n3)cc2)C1. The van der Waals surface area contributed by atoms with Crippen molar-refractivity contribution in [3.8, 4) is 17.3 Å². The number of aromatic nitrogens is 1. The second-order valence-corrected chi connectivity index (χ2v) is 6.03. The fraction of sp³-hybridized carbons (Fsp3) is 0.263. The Hall–Kier alpha value is -3.20. The van der Waals surface area contributed by atoms with Crippen molar-refractivity contribution >= 4 is 11.8 Å². The zero-order valence-corrected chi connectivity index (χ0v) is 13.9. The molecule has 1 saturated heterocycles. The lowest BCUT2D eigenvalue weighted by atomic mass is 10.1. The van der Waals surface area contributed by atoms with Crippen LogP contribution >= 0.6 is 0 Å². The molecule has 0 spiro atoms. The van der Waals surface area contributed by atoms with Gasteiger partial charge in [-0.2, -0.15) is 5.26 Å². The van der Waals surface area contributed by atoms with Gasteiger partial charge in [-0.05, 0) is 30.7 Å². The van der Waals surface area contributed by atoms with Crippen molar-refractivity contribution in [1.29, 1.82) is 5.26 Å². The molecule has 0 aliphatic carbocycles. The van der Waals surface area contributed by atoms with Gasteiger partial charge in [-0.15, -0.1) is 0 Å². The van der Waals surface area contributed by atoms with E-state index in [1.54, 1.807) is 29.2 Å². The van der Waals surface area contributed by atoms with Crippen LogP contribution in [0.15, 0.2) is 42.5 Å². The number of benzene rings is 1. The largest absolute Gasteiger partial charge is 0.352 e. The average Bonchev–Trinajstić information content (AvgIpc) is 3.09. The van der Waals surface area contributed by atoms with Gasteiger partial charge in [-0.3, -0.25) is 9.59 Å². The van der Waals surface area contributed by atoms with Crippen LogP contribution < -0.4 is 5.32 Å². The molecular weight excluding hydrogens is 316 g/mol. The fourth-order valence-electron chi connectivity index (χ4n) is 2.97. The summed E-state index contributed by atoms with van der Waals surface area (Å²) >= 11 is 0. The zero-order valence-electron chi connectivity index (χ0n) is 13.9. The molecule has 1 unspecified atom stereocenters. The number of carbonyl (C=O) groups is 2. The molecule has 1 atom stereocenters. The van der Waals surface area contributed by atoms with Crippen LogP contribution in [-0.4, -0.2) is 40.8 Å². The highest BCUT2D eigenvalue weighted by atomic mass is 16.2. The lowest BCUT2D eigenvalue weighted by molar-refractivity contribution is -0.119. The molecule has 0 radical (unpaired) electrons. The maximum atomic E-state index is 12.6. The third-order valence-electron chi connectivity index (χ3n) is 4.17. The van der Waals surface area contributed by atoms with Crippen LogP contribution in [0.1, 0.15) is 29.4 Å². The molecule has 3 rings (SSSR count). The lowest BCUT2D eigenvalue weighted by Crippen LogP contribution is -2.37. The third kappa shape index (κ3) is 3.83. The van der Waals surface area contributed by atoms with Gasteiger partial charge in [0.2, 0.25) is 5.91 Å². The van der Waals surface area contributed by atoms with Crippen LogP contribution in [0.25, 0.3) is 11.3 Å². The summed E-state index contributed by atoms with van der Waals surface area (Å²) in [4.78, 5) is 29.7. The van der Waals surface area contributed by atoms with E-state index in [-0.39, 0.29) is 17.9 Å². The van der Waals surface area contributed by atoms with Crippen molar-refractivity contribution in [1.82, 2.24) is 15.2 Å². The topological polar surface area (TPSA) is 86.1 Å². The molecule has 0 bridgehead atoms. The van der Waals surface area contributed by atoms with Crippen molar-refractivity contribution in [3.63, 3.8) is 0 Å². The number of hydrogen-bond donors (Lipinski definition) is 1. The van der Waals surface area contributed by atoms with Gasteiger partial charge in [0.05, 0.1) is 5.69 Å². The quantitative estimate of drug-likeness (QED) is 0.930. The molecule has 6 heteroatoms. The van der Waals surface area contributed by atoms with Gasteiger partial charge < -0.3 is 10.2 Å². The first kappa shape index (κ1) is 16.7. The number of hydrogen-bond acceptors (Lipinski definition) is 4. The fourth-order valence-corrected chi connectivity index (χ4v) is 2.97. The van der Waals surface area contributed by atoms with Gasteiger partial charge in [-0.1, -0.05) is 18.2 Å². The molecule has 1 fully saturated rings. The number of likely N-dealkylation sites (tertiary alicyclic amines) is 1. The minimum Gasteiger partial charge on any atom is -0.352 e. The Morgan fingerprint density at radius 2 is 2.00 bits per heavy atom. The van der Waals surface area contributed by atoms with E-state index in [1.165, 1.54) is 6.92 Å². The van der Waals surface area contributed by atoms with Crippen molar-refractivity contribution in [2.24, 2.45) is 0 Å². The van der Waals surface area contributed by atoms with E-state index in [0.29, 0.717) is 30.0 Å². The monoisotopic (exact) mass is 334 g/mol. The van der Waals surface area contributed by atoms with E-state index < -0.39 is 0 Å². The normalized spacial score (nSPS) is 16.3. The van der Waals surface area contributed by atoms with Gasteiger partial charge in [0.25, 0.3) is 5.91 Å². The van der Waals surface area contributed by atoms with E-state index >= 15 is 0 Å². The molecule has 1 aliphatic heterocycles. The average molecular weight is 334 g/mol. The van der Waals surface area contributed by atoms with E-state index in [1.807, 2.05) is 24.3 Å². The molecule has 6 nitrogen and oxygen atoms in total. The summed E-state index contributed by atoms with van der Waals surface area (Å²) in [6.07, 6.45) is 0.772. The second kappa shape index (κ2) is 7.14. The first-order chi connectivity index (χ1) is 12.1. The number of pyridine rings is 1. The van der Waals surface area contributed by atoms with Gasteiger partial charge in [0.15, 0.2) is 0 Å². The molecular formula is C19H18N4O2. The third-order valence-corrected chi connectivity index (χ3v) is 4.17. The summed E-state index contributed by atoms with van der Waals surface area (Å²) in [6, 6.07) is 14.5. The maximum Gasteiger partial charge on any atom is 0.253 e. The molecule has 126 valence electrons. The summed E-state index contributed by atoms with van der Waals surface area (Å²) in [7, 11) is 0. The molecule has 0 saturated carbocycles. The minimum absolute atomic E-state index is 0.0265. The summed E-state index contributed by atoms with van der Waals surface area (Å²) in [5, 5.41) is 11.8. The van der Waals surface area contributed by atoms with E-state index in [4.69, 9.17) is 5.26 Å². The second-order valence-electron chi connectivity index (χ2n) is 6.03. The number of amides is 2. The van der Waals surface area contributed by atoms with Crippen LogP contribution in [0, 0.1) is 11.3 Å². The van der Waals surface area contributed by atoms with Crippen molar-refractivity contribution in [3.05, 3.63) is 53.7 Å². The summed E-state index contributed by atoms with van der Waals surface area (Å²) in [5.74, 6) is -0.117. The zero-order chi connectivity index (χ0) is 17.8. The van der Waals surface area contributed by atoms with Crippen LogP contribution in [0.3, 0.4) is 0 Å². The minimum atomic E-state index is -0.0734. The molecule has 2 aromatic rings. The van der Waals surface area contributed by atoms with E-state index in [9.17, 15) is 9.59 Å². The Kier molecular flexibility index (Phi) is 4.75. The van der Waals surface area contributed by atoms with Crippen molar-refractivity contribution in [2.45, 2.75) is 19.4 Å². The van der Waals surface area contributed by atoms with Crippen LogP contribution in [-0.2, 0) is 4.79 Å². The number of nitrogens with zero attached hydrogens (tertiary/aromatic N) is 3. The van der Waals surface area contributed by atoms with Crippen LogP contribution in [0.2, 0.25) is 0 Å². The Morgan fingerprint density at radius 3 is 2.68 bits per heavy atom. The number of nitriles is 1. The lowest BCUT2D eigenvalue weighted by Gasteiger charge is -2.17. The highest BCUT2D eigenvalue weighted by Crippen LogP contribution is 2.20. The van der Waals surface area contributed by atoms with Gasteiger partial charge in [0, 0.05) is 37.2 Å². The molecule has 1 N–H and O–H groups in total. The van der Waals surface area contributed by atoms with E-state index in [0.717, 1.165) is 12.0 Å². The smallest absolute Gasteiger partial charge is 0.253 e. The Labute approximate surface area is 146 Å². The predicted octanol–water partition coefficient (Wildman–Crippen LogP) is 1.97.